The van der Waals surface area contributed by atoms with Crippen LogP contribution >= 0.6 is 15.9 Å². The monoisotopic (exact) mass is 260 g/mol. The Hall–Kier alpha value is -0.770. The summed E-state index contributed by atoms with van der Waals surface area (Å²) < 4.78 is 19.1. The molecule has 1 aliphatic rings. The third-order valence-electron chi connectivity index (χ3n) is 2.38. The lowest BCUT2D eigenvalue weighted by Crippen LogP contribution is -2.24. The minimum Gasteiger partial charge on any atom is -0.504 e. The first-order chi connectivity index (χ1) is 6.68. The molecule has 0 aromatic heterocycles. The van der Waals surface area contributed by atoms with Crippen molar-refractivity contribution in [3.05, 3.63) is 22.4 Å². The van der Waals surface area contributed by atoms with Gasteiger partial charge in [-0.1, -0.05) is 0 Å². The quantitative estimate of drug-likeness (QED) is 0.885. The summed E-state index contributed by atoms with van der Waals surface area (Å²) in [5.41, 5.74) is 0. The van der Waals surface area contributed by atoms with E-state index in [0.717, 1.165) is 19.3 Å². The van der Waals surface area contributed by atoms with Gasteiger partial charge in [0.05, 0.1) is 10.6 Å². The second kappa shape index (κ2) is 3.77. The number of hydrogen-bond donors (Lipinski definition) is 1. The van der Waals surface area contributed by atoms with E-state index in [2.05, 4.69) is 15.9 Å². The van der Waals surface area contributed by atoms with Crippen molar-refractivity contribution < 1.29 is 14.2 Å². The highest BCUT2D eigenvalue weighted by Gasteiger charge is 2.22. The molecule has 76 valence electrons. The predicted molar refractivity (Wildman–Crippen MR) is 54.0 cm³/mol. The summed E-state index contributed by atoms with van der Waals surface area (Å²) in [6.45, 7) is 0. The topological polar surface area (TPSA) is 29.5 Å². The molecule has 0 bridgehead atoms. The van der Waals surface area contributed by atoms with Crippen LogP contribution in [0, 0.1) is 5.82 Å². The van der Waals surface area contributed by atoms with Gasteiger partial charge in [-0.25, -0.2) is 0 Å². The van der Waals surface area contributed by atoms with Gasteiger partial charge in [0.1, 0.15) is 0 Å². The lowest BCUT2D eigenvalue weighted by atomic mass is 9.96. The van der Waals surface area contributed by atoms with Crippen LogP contribution in [0.4, 0.5) is 4.39 Å². The van der Waals surface area contributed by atoms with Crippen molar-refractivity contribution in [3.63, 3.8) is 0 Å². The maximum atomic E-state index is 13.4. The van der Waals surface area contributed by atoms with Crippen LogP contribution in [-0.2, 0) is 0 Å². The molecule has 1 aromatic rings. The van der Waals surface area contributed by atoms with Gasteiger partial charge in [-0.05, 0) is 47.3 Å². The Morgan fingerprint density at radius 1 is 1.43 bits per heavy atom. The van der Waals surface area contributed by atoms with Crippen molar-refractivity contribution in [1.29, 1.82) is 0 Å². The molecule has 1 fully saturated rings. The third-order valence-corrected chi connectivity index (χ3v) is 3.02. The average molecular weight is 261 g/mol. The Bertz CT molecular complexity index is 350. The third kappa shape index (κ3) is 1.71. The van der Waals surface area contributed by atoms with Gasteiger partial charge in [-0.3, -0.25) is 0 Å². The minimum atomic E-state index is -0.689. The highest BCUT2D eigenvalue weighted by molar-refractivity contribution is 9.10. The van der Waals surface area contributed by atoms with Gasteiger partial charge in [0.2, 0.25) is 5.82 Å². The van der Waals surface area contributed by atoms with Crippen molar-refractivity contribution in [2.24, 2.45) is 0 Å². The van der Waals surface area contributed by atoms with Crippen LogP contribution in [0.2, 0.25) is 0 Å². The molecule has 4 heteroatoms. The van der Waals surface area contributed by atoms with Crippen LogP contribution in [0.25, 0.3) is 0 Å². The van der Waals surface area contributed by atoms with Crippen LogP contribution in [-0.4, -0.2) is 11.2 Å². The number of phenols is 1. The molecule has 14 heavy (non-hydrogen) atoms. The second-order valence-corrected chi connectivity index (χ2v) is 4.23. The molecule has 0 amide bonds. The Morgan fingerprint density at radius 2 is 2.14 bits per heavy atom. The SMILES string of the molecule is Oc1c(Br)ccc(OC2CCC2)c1F. The number of hydrogen-bond acceptors (Lipinski definition) is 2. The number of halogens is 2. The lowest BCUT2D eigenvalue weighted by molar-refractivity contribution is 0.114. The molecule has 1 N–H and O–H groups in total. The number of rotatable bonds is 2. The Morgan fingerprint density at radius 3 is 2.71 bits per heavy atom. The summed E-state index contributed by atoms with van der Waals surface area (Å²) in [4.78, 5) is 0. The predicted octanol–water partition coefficient (Wildman–Crippen LogP) is 3.23. The molecule has 0 aliphatic heterocycles. The van der Waals surface area contributed by atoms with Crippen LogP contribution < -0.4 is 4.74 Å². The van der Waals surface area contributed by atoms with Gasteiger partial charge in [-0.2, -0.15) is 4.39 Å². The van der Waals surface area contributed by atoms with Gasteiger partial charge in [0.15, 0.2) is 11.5 Å². The molecule has 0 unspecified atom stereocenters. The normalized spacial score (nSPS) is 16.4. The number of benzene rings is 1. The second-order valence-electron chi connectivity index (χ2n) is 3.38. The summed E-state index contributed by atoms with van der Waals surface area (Å²) >= 11 is 3.03. The summed E-state index contributed by atoms with van der Waals surface area (Å²) in [6.07, 6.45) is 3.19. The Kier molecular flexibility index (Phi) is 2.63. The highest BCUT2D eigenvalue weighted by atomic mass is 79.9. The maximum absolute atomic E-state index is 13.4. The standard InChI is InChI=1S/C10H10BrFO2/c11-7-4-5-8(9(12)10(7)13)14-6-2-1-3-6/h4-6,13H,1-3H2. The van der Waals surface area contributed by atoms with Crippen molar-refractivity contribution in [3.8, 4) is 11.5 Å². The molecular weight excluding hydrogens is 251 g/mol. The van der Waals surface area contributed by atoms with Gasteiger partial charge < -0.3 is 9.84 Å². The van der Waals surface area contributed by atoms with E-state index in [1.807, 2.05) is 0 Å². The van der Waals surface area contributed by atoms with Gasteiger partial charge in [0.25, 0.3) is 0 Å². The maximum Gasteiger partial charge on any atom is 0.207 e. The fourth-order valence-electron chi connectivity index (χ4n) is 1.28. The largest absolute Gasteiger partial charge is 0.504 e. The molecule has 0 spiro atoms. The zero-order chi connectivity index (χ0) is 10.1. The summed E-state index contributed by atoms with van der Waals surface area (Å²) in [5.74, 6) is -0.941. The van der Waals surface area contributed by atoms with E-state index < -0.39 is 5.82 Å². The van der Waals surface area contributed by atoms with E-state index in [9.17, 15) is 9.50 Å². The first-order valence-electron chi connectivity index (χ1n) is 4.52. The van der Waals surface area contributed by atoms with Crippen LogP contribution in [0.15, 0.2) is 16.6 Å². The van der Waals surface area contributed by atoms with Crippen molar-refractivity contribution in [2.45, 2.75) is 25.4 Å². The summed E-state index contributed by atoms with van der Waals surface area (Å²) in [7, 11) is 0. The lowest BCUT2D eigenvalue weighted by Gasteiger charge is -2.26. The summed E-state index contributed by atoms with van der Waals surface area (Å²) in [6, 6.07) is 3.10. The van der Waals surface area contributed by atoms with Gasteiger partial charge in [0, 0.05) is 0 Å². The molecule has 1 aliphatic carbocycles. The van der Waals surface area contributed by atoms with Crippen molar-refractivity contribution in [1.82, 2.24) is 0 Å². The van der Waals surface area contributed by atoms with E-state index in [1.165, 1.54) is 6.07 Å². The fourth-order valence-corrected chi connectivity index (χ4v) is 1.59. The van der Waals surface area contributed by atoms with Crippen molar-refractivity contribution in [2.75, 3.05) is 0 Å². The molecule has 0 atom stereocenters. The Labute approximate surface area is 89.8 Å². The average Bonchev–Trinajstić information content (AvgIpc) is 2.10. The number of aromatic hydroxyl groups is 1. The molecule has 1 saturated carbocycles. The van der Waals surface area contributed by atoms with E-state index in [1.54, 1.807) is 6.07 Å². The van der Waals surface area contributed by atoms with E-state index in [-0.39, 0.29) is 17.6 Å². The Balaban J connectivity index is 2.20. The summed E-state index contributed by atoms with van der Waals surface area (Å²) in [5, 5.41) is 9.29. The minimum absolute atomic E-state index is 0.116. The van der Waals surface area contributed by atoms with Crippen LogP contribution in [0.5, 0.6) is 11.5 Å². The molecule has 0 saturated heterocycles. The van der Waals surface area contributed by atoms with E-state index in [4.69, 9.17) is 4.74 Å². The molecule has 0 heterocycles. The van der Waals surface area contributed by atoms with E-state index >= 15 is 0 Å². The number of phenolic OH excluding ortho intramolecular Hbond substituents is 1. The fraction of sp³-hybridized carbons (Fsp3) is 0.400. The van der Waals surface area contributed by atoms with E-state index in [0.29, 0.717) is 4.47 Å². The highest BCUT2D eigenvalue weighted by Crippen LogP contribution is 2.35. The molecule has 0 radical (unpaired) electrons. The van der Waals surface area contributed by atoms with Crippen LogP contribution in [0.1, 0.15) is 19.3 Å². The molecular formula is C10H10BrFO2. The molecule has 2 rings (SSSR count). The van der Waals surface area contributed by atoms with Gasteiger partial charge in [-0.15, -0.1) is 0 Å². The molecule has 2 nitrogen and oxygen atoms in total. The first kappa shape index (κ1) is 9.77. The zero-order valence-corrected chi connectivity index (χ0v) is 9.05. The van der Waals surface area contributed by atoms with Crippen LogP contribution in [0.3, 0.4) is 0 Å². The number of ether oxygens (including phenoxy) is 1. The molecule has 1 aromatic carbocycles. The first-order valence-corrected chi connectivity index (χ1v) is 5.31. The van der Waals surface area contributed by atoms with Gasteiger partial charge >= 0.3 is 0 Å². The smallest absolute Gasteiger partial charge is 0.207 e. The zero-order valence-electron chi connectivity index (χ0n) is 7.46. The van der Waals surface area contributed by atoms with Crippen molar-refractivity contribution >= 4 is 15.9 Å².